The van der Waals surface area contributed by atoms with E-state index in [1.54, 1.807) is 44.2 Å². The van der Waals surface area contributed by atoms with Gasteiger partial charge in [-0.3, -0.25) is 9.59 Å². The molecule has 4 fully saturated rings. The van der Waals surface area contributed by atoms with Crippen molar-refractivity contribution in [2.45, 2.75) is 189 Å². The monoisotopic (exact) mass is 1150 g/mol. The third-order valence-electron chi connectivity index (χ3n) is 14.5. The average Bonchev–Trinajstić information content (AvgIpc) is 3.43. The zero-order chi connectivity index (χ0) is 57.6. The number of cyclic esters (lactones) is 1. The summed E-state index contributed by atoms with van der Waals surface area (Å²) in [7, 11) is 6.36. The highest BCUT2D eigenvalue weighted by Crippen LogP contribution is 2.42. The van der Waals surface area contributed by atoms with Crippen molar-refractivity contribution in [3.05, 3.63) is 110 Å². The molecular weight excluding hydrogens is 1060 g/mol. The standard InChI is InChI=1S/C57H85NO19P2/c1-8-26-68-52(65)47-43(60)33-57(67-7)32-41-30-44(76-56(79)75-41)42(59)25-24-39-28-40(74-55(78)73-39)31-46(61)70-36(5)35(4)49(62)34(3)22-20-18-16-14-12-10-11-13-15-17-19-21-23-38(29-45(47)77-57)72-53-51(64)48(50(63)37(6)71-53)58-54(66)69-27-9-2/h8-23,34-45,47-51,53,55-56,59-60,62-64H,1-2,24-33,78-79H2,3-7H3,(H,58,66)/b11-10+,14-12+,15-13+,18-16+,19-17+,22-20+,23-21+/t34-,35-,36-,37+,38-,39+,40+,41-,42+,43-,44+,45-,47+,48-,49+,50+,51-,53-,55?,56?,57+/m0/s1. The van der Waals surface area contributed by atoms with Crippen LogP contribution >= 0.6 is 18.5 Å². The lowest BCUT2D eigenvalue weighted by molar-refractivity contribution is -0.326. The van der Waals surface area contributed by atoms with E-state index in [-0.39, 0.29) is 69.7 Å². The Morgan fingerprint density at radius 3 is 1.92 bits per heavy atom. The smallest absolute Gasteiger partial charge is 0.407 e. The first-order chi connectivity index (χ1) is 37.8. The third kappa shape index (κ3) is 20.9. The van der Waals surface area contributed by atoms with Crippen molar-refractivity contribution in [1.82, 2.24) is 5.32 Å². The first-order valence-corrected chi connectivity index (χ1v) is 28.4. The van der Waals surface area contributed by atoms with Gasteiger partial charge in [-0.15, -0.1) is 0 Å². The number of alkyl carbamates (subject to hydrolysis) is 1. The molecule has 1 amide bonds. The highest BCUT2D eigenvalue weighted by Gasteiger charge is 2.53. The molecule has 22 heteroatoms. The molecule has 0 saturated carbocycles. The largest absolute Gasteiger partial charge is 0.462 e. The van der Waals surface area contributed by atoms with Gasteiger partial charge in [0, 0.05) is 51.0 Å². The van der Waals surface area contributed by atoms with Gasteiger partial charge in [-0.2, -0.15) is 0 Å². The second kappa shape index (κ2) is 33.3. The van der Waals surface area contributed by atoms with Crippen molar-refractivity contribution >= 4 is 36.5 Å². The van der Waals surface area contributed by atoms with E-state index >= 15 is 0 Å². The maximum Gasteiger partial charge on any atom is 0.407 e. The van der Waals surface area contributed by atoms with Crippen LogP contribution in [0.5, 0.6) is 0 Å². The second-order valence-corrected chi connectivity index (χ2v) is 21.5. The topological polar surface area (TPSA) is 266 Å². The fourth-order valence-corrected chi connectivity index (χ4v) is 10.9. The van der Waals surface area contributed by atoms with E-state index in [1.165, 1.54) is 19.3 Å². The SMILES string of the molecule is C=CCOC(=O)N[C@@H]1[C@H](O)[C@H](O[C@H]2/C=C/C=C/C=C/C=C/C=C/C=C/C=C/[C@H](C)[C@@H](O)[C@@H](C)[C@H](C)OC(=O)C[C@H]3C[C@@H](CC[C@@H](O)[C@H]4C[C@@H](C[C@]5(OC)C[C@H](O)[C@@H](C(=O)OCC=C)[C@H](C2)O5)OC(P)O4)OC(P)O3)O[C@H](C)[C@H]1O. The van der Waals surface area contributed by atoms with Crippen LogP contribution in [-0.4, -0.2) is 173 Å². The van der Waals surface area contributed by atoms with Gasteiger partial charge in [0.25, 0.3) is 0 Å². The molecule has 79 heavy (non-hydrogen) atoms. The number of esters is 2. The van der Waals surface area contributed by atoms with Gasteiger partial charge in [-0.25, -0.2) is 4.79 Å². The van der Waals surface area contributed by atoms with Crippen molar-refractivity contribution < 1.29 is 92.0 Å². The molecule has 6 bridgehead atoms. The molecule has 442 valence electrons. The highest BCUT2D eigenvalue weighted by molar-refractivity contribution is 7.17. The van der Waals surface area contributed by atoms with Crippen molar-refractivity contribution in [3.63, 3.8) is 0 Å². The Balaban J connectivity index is 1.45. The summed E-state index contributed by atoms with van der Waals surface area (Å²) in [6.45, 7) is 14.0. The van der Waals surface area contributed by atoms with E-state index in [9.17, 15) is 39.9 Å². The molecule has 0 radical (unpaired) electrons. The van der Waals surface area contributed by atoms with Crippen LogP contribution in [0, 0.1) is 17.8 Å². The maximum atomic E-state index is 13.9. The number of ether oxygens (including phenoxy) is 11. The van der Waals surface area contributed by atoms with E-state index < -0.39 is 127 Å². The number of carbonyl (C=O) groups is 3. The summed E-state index contributed by atoms with van der Waals surface area (Å²) in [5.74, 6) is -4.71. The molecule has 6 N–H and O–H groups in total. The summed E-state index contributed by atoms with van der Waals surface area (Å²) < 4.78 is 66.0. The molecule has 0 aromatic heterocycles. The fraction of sp³-hybridized carbons (Fsp3) is 0.632. The van der Waals surface area contributed by atoms with Crippen LogP contribution in [0.4, 0.5) is 4.79 Å². The molecule has 23 atom stereocenters. The van der Waals surface area contributed by atoms with Gasteiger partial charge in [0.1, 0.15) is 37.4 Å². The molecule has 5 heterocycles. The first-order valence-electron chi connectivity index (χ1n) is 27.0. The molecule has 0 aliphatic carbocycles. The molecule has 4 saturated heterocycles. The number of hydrogen-bond donors (Lipinski definition) is 6. The zero-order valence-electron chi connectivity index (χ0n) is 45.9. The molecule has 5 aliphatic rings. The predicted molar refractivity (Wildman–Crippen MR) is 298 cm³/mol. The van der Waals surface area contributed by atoms with Gasteiger partial charge in [-0.1, -0.05) is 143 Å². The molecule has 0 aromatic rings. The van der Waals surface area contributed by atoms with Gasteiger partial charge >= 0.3 is 18.0 Å². The number of carbonyl (C=O) groups excluding carboxylic acids is 3. The molecule has 0 spiro atoms. The molecular formula is C57H85NO19P2. The van der Waals surface area contributed by atoms with E-state index in [0.717, 1.165) is 0 Å². The molecule has 20 nitrogen and oxygen atoms in total. The first kappa shape index (κ1) is 66.0. The van der Waals surface area contributed by atoms with Crippen LogP contribution in [0.3, 0.4) is 0 Å². The van der Waals surface area contributed by atoms with Crippen LogP contribution in [0.15, 0.2) is 110 Å². The zero-order valence-corrected chi connectivity index (χ0v) is 48.2. The Morgan fingerprint density at radius 1 is 0.684 bits per heavy atom. The Morgan fingerprint density at radius 2 is 1.28 bits per heavy atom. The summed E-state index contributed by atoms with van der Waals surface area (Å²) in [5, 5.41) is 59.9. The van der Waals surface area contributed by atoms with E-state index in [2.05, 4.69) is 37.0 Å². The van der Waals surface area contributed by atoms with Crippen LogP contribution in [0.25, 0.3) is 0 Å². The molecule has 5 aliphatic heterocycles. The minimum atomic E-state index is -1.63. The number of rotatable bonds is 9. The lowest BCUT2D eigenvalue weighted by Crippen LogP contribution is -2.64. The number of fused-ring (bicyclic) bond motifs is 6. The van der Waals surface area contributed by atoms with Crippen molar-refractivity contribution in [1.29, 1.82) is 0 Å². The number of hydrogen-bond acceptors (Lipinski definition) is 19. The number of aliphatic hydroxyl groups is 5. The lowest BCUT2D eigenvalue weighted by atomic mass is 9.82. The number of amides is 1. The van der Waals surface area contributed by atoms with E-state index in [4.69, 9.17) is 52.1 Å². The van der Waals surface area contributed by atoms with Crippen molar-refractivity contribution in [2.75, 3.05) is 20.3 Å². The summed E-state index contributed by atoms with van der Waals surface area (Å²) in [6, 6.07) is -2.86. The van der Waals surface area contributed by atoms with Crippen molar-refractivity contribution in [2.24, 2.45) is 17.8 Å². The number of allylic oxidation sites excluding steroid dienone is 12. The van der Waals surface area contributed by atoms with Crippen molar-refractivity contribution in [3.8, 4) is 0 Å². The van der Waals surface area contributed by atoms with Crippen LogP contribution < -0.4 is 5.32 Å². The Hall–Kier alpha value is -3.79. The quantitative estimate of drug-likeness (QED) is 0.0730. The van der Waals surface area contributed by atoms with Gasteiger partial charge < -0.3 is 83.0 Å². The third-order valence-corrected chi connectivity index (χ3v) is 15.1. The molecule has 5 rings (SSSR count). The highest BCUT2D eigenvalue weighted by atomic mass is 31.0. The molecule has 0 aromatic carbocycles. The fourth-order valence-electron chi connectivity index (χ4n) is 10.0. The van der Waals surface area contributed by atoms with E-state index in [0.29, 0.717) is 12.8 Å². The minimum Gasteiger partial charge on any atom is -0.462 e. The Labute approximate surface area is 469 Å². The van der Waals surface area contributed by atoms with Crippen LogP contribution in [0.1, 0.15) is 79.1 Å². The summed E-state index contributed by atoms with van der Waals surface area (Å²) in [6.07, 6.45) is 14.2. The van der Waals surface area contributed by atoms with Crippen LogP contribution in [0.2, 0.25) is 0 Å². The summed E-state index contributed by atoms with van der Waals surface area (Å²) in [4.78, 5) is 39.7. The minimum absolute atomic E-state index is 0.0114. The van der Waals surface area contributed by atoms with Gasteiger partial charge in [0.2, 0.25) is 0 Å². The molecule has 4 unspecified atom stereocenters. The van der Waals surface area contributed by atoms with Crippen LogP contribution in [-0.2, 0) is 61.7 Å². The Bertz CT molecular complexity index is 2160. The number of nitrogens with one attached hydrogen (secondary N) is 1. The normalized spacial score (nSPS) is 42.5. The lowest BCUT2D eigenvalue weighted by Gasteiger charge is -2.48. The Kier molecular flexibility index (Phi) is 27.9. The maximum absolute atomic E-state index is 13.9. The van der Waals surface area contributed by atoms with Gasteiger partial charge in [0.15, 0.2) is 24.1 Å². The predicted octanol–water partition coefficient (Wildman–Crippen LogP) is 5.41. The summed E-state index contributed by atoms with van der Waals surface area (Å²) >= 11 is 0. The number of methoxy groups -OCH3 is 1. The summed E-state index contributed by atoms with van der Waals surface area (Å²) in [5.41, 5.74) is 0. The number of aliphatic hydroxyl groups excluding tert-OH is 5. The van der Waals surface area contributed by atoms with Gasteiger partial charge in [0.05, 0.1) is 73.5 Å². The van der Waals surface area contributed by atoms with E-state index in [1.807, 2.05) is 68.5 Å². The second-order valence-electron chi connectivity index (χ2n) is 20.5. The van der Waals surface area contributed by atoms with Gasteiger partial charge in [-0.05, 0) is 26.7 Å². The average molecular weight is 1150 g/mol.